The lowest BCUT2D eigenvalue weighted by molar-refractivity contribution is -0.0728. The number of alkyl halides is 2. The van der Waals surface area contributed by atoms with Crippen LogP contribution in [0.3, 0.4) is 0 Å². The van der Waals surface area contributed by atoms with Crippen LogP contribution in [0, 0.1) is 0 Å². The molecular weight excluding hydrogens is 384 g/mol. The first-order valence-electron chi connectivity index (χ1n) is 9.28. The number of benzene rings is 2. The van der Waals surface area contributed by atoms with Crippen molar-refractivity contribution in [2.24, 2.45) is 0 Å². The molecule has 2 unspecified atom stereocenters. The van der Waals surface area contributed by atoms with Crippen molar-refractivity contribution >= 4 is 6.09 Å². The quantitative estimate of drug-likeness (QED) is 0.733. The fourth-order valence-electron chi connectivity index (χ4n) is 3.24. The van der Waals surface area contributed by atoms with Crippen LogP contribution in [-0.2, 0) is 0 Å². The van der Waals surface area contributed by atoms with E-state index in [9.17, 15) is 18.7 Å². The highest BCUT2D eigenvalue weighted by atomic mass is 19.3. The van der Waals surface area contributed by atoms with Gasteiger partial charge in [0.2, 0.25) is 0 Å². The molecule has 3 rings (SSSR count). The van der Waals surface area contributed by atoms with Crippen LogP contribution >= 0.6 is 0 Å². The Morgan fingerprint density at radius 2 is 1.62 bits per heavy atom. The number of halogens is 2. The highest BCUT2D eigenvalue weighted by Crippen LogP contribution is 2.30. The average Bonchev–Trinajstić information content (AvgIpc) is 2.72. The molecule has 1 aliphatic rings. The molecule has 1 saturated heterocycles. The van der Waals surface area contributed by atoms with Crippen molar-refractivity contribution in [3.05, 3.63) is 60.2 Å². The Kier molecular flexibility index (Phi) is 6.53. The first-order valence-corrected chi connectivity index (χ1v) is 9.28. The lowest BCUT2D eigenvalue weighted by Gasteiger charge is -2.34. The molecule has 1 amide bonds. The van der Waals surface area contributed by atoms with Gasteiger partial charge in [-0.15, -0.1) is 0 Å². The highest BCUT2D eigenvalue weighted by Gasteiger charge is 2.32. The summed E-state index contributed by atoms with van der Waals surface area (Å²) in [6.07, 6.45) is -1.38. The molecule has 0 radical (unpaired) electrons. The Morgan fingerprint density at radius 1 is 1.03 bits per heavy atom. The van der Waals surface area contributed by atoms with Gasteiger partial charge in [0, 0.05) is 12.5 Å². The predicted octanol–water partition coefficient (Wildman–Crippen LogP) is 3.61. The second-order valence-electron chi connectivity index (χ2n) is 7.01. The zero-order chi connectivity index (χ0) is 20.9. The van der Waals surface area contributed by atoms with Crippen molar-refractivity contribution in [1.82, 2.24) is 4.90 Å². The van der Waals surface area contributed by atoms with Gasteiger partial charge in [0.1, 0.15) is 11.5 Å². The molecule has 0 bridgehead atoms. The number of piperidine rings is 1. The van der Waals surface area contributed by atoms with Crippen molar-refractivity contribution in [2.45, 2.75) is 24.4 Å². The van der Waals surface area contributed by atoms with Crippen LogP contribution in [0.2, 0.25) is 0 Å². The third-order valence-corrected chi connectivity index (χ3v) is 4.80. The number of ether oxygens (including phenoxy) is 2. The van der Waals surface area contributed by atoms with Crippen LogP contribution in [0.4, 0.5) is 13.6 Å². The lowest BCUT2D eigenvalue weighted by atomic mass is 9.87. The summed E-state index contributed by atoms with van der Waals surface area (Å²) < 4.78 is 38.3. The third-order valence-electron chi connectivity index (χ3n) is 4.80. The molecule has 2 aromatic carbocycles. The Bertz CT molecular complexity index is 800. The van der Waals surface area contributed by atoms with E-state index in [-0.39, 0.29) is 18.2 Å². The highest BCUT2D eigenvalue weighted by molar-refractivity contribution is 5.65. The van der Waals surface area contributed by atoms with Gasteiger partial charge in [0.15, 0.2) is 13.2 Å². The molecule has 2 N–H and O–H groups in total. The number of nitrogens with zero attached hydrogens (tertiary/aromatic N) is 1. The summed E-state index contributed by atoms with van der Waals surface area (Å²) in [5.74, 6) is -2.72. The van der Waals surface area contributed by atoms with E-state index >= 15 is 0 Å². The standard InChI is InChI=1S/C21H23F2NO5/c22-21(23,13-28-16-4-2-1-3-5-16)14-29-17-8-6-15(7-9-17)18-10-11-24(20(26)27)12-19(18)25/h1-9,18-19,25H,10-14H2,(H,26,27). The SMILES string of the molecule is O=C(O)N1CCC(c2ccc(OCC(F)(F)COc3ccccc3)cc2)C(O)C1. The van der Waals surface area contributed by atoms with Gasteiger partial charge in [0.25, 0.3) is 0 Å². The monoisotopic (exact) mass is 407 g/mol. The number of aliphatic hydroxyl groups excluding tert-OH is 1. The molecule has 0 aliphatic carbocycles. The molecular formula is C21H23F2NO5. The number of hydrogen-bond acceptors (Lipinski definition) is 4. The summed E-state index contributed by atoms with van der Waals surface area (Å²) in [7, 11) is 0. The molecule has 0 saturated carbocycles. The van der Waals surface area contributed by atoms with Crippen LogP contribution < -0.4 is 9.47 Å². The first-order chi connectivity index (χ1) is 13.8. The number of likely N-dealkylation sites (tertiary alicyclic amines) is 1. The number of para-hydroxylation sites is 1. The van der Waals surface area contributed by atoms with Gasteiger partial charge >= 0.3 is 12.0 Å². The Hall–Kier alpha value is -2.87. The minimum absolute atomic E-state index is 0.0475. The average molecular weight is 407 g/mol. The number of carbonyl (C=O) groups is 1. The van der Waals surface area contributed by atoms with Crippen molar-refractivity contribution < 1.29 is 33.3 Å². The van der Waals surface area contributed by atoms with Crippen LogP contribution in [0.1, 0.15) is 17.9 Å². The van der Waals surface area contributed by atoms with Crippen molar-refractivity contribution in [3.8, 4) is 11.5 Å². The zero-order valence-corrected chi connectivity index (χ0v) is 15.7. The molecule has 156 valence electrons. The van der Waals surface area contributed by atoms with E-state index in [4.69, 9.17) is 14.6 Å². The number of β-amino-alcohol motifs (C(OH)–C–C–N with tert-alkyl or cyclic N) is 1. The Morgan fingerprint density at radius 3 is 2.17 bits per heavy atom. The second-order valence-corrected chi connectivity index (χ2v) is 7.01. The molecule has 0 aromatic heterocycles. The summed E-state index contributed by atoms with van der Waals surface area (Å²) >= 11 is 0. The largest absolute Gasteiger partial charge is 0.487 e. The smallest absolute Gasteiger partial charge is 0.407 e. The van der Waals surface area contributed by atoms with Gasteiger partial charge in [-0.3, -0.25) is 0 Å². The summed E-state index contributed by atoms with van der Waals surface area (Å²) in [4.78, 5) is 12.2. The van der Waals surface area contributed by atoms with Gasteiger partial charge in [0.05, 0.1) is 12.6 Å². The minimum atomic E-state index is -3.16. The fourth-order valence-corrected chi connectivity index (χ4v) is 3.24. The number of carboxylic acid groups (broad SMARTS) is 1. The summed E-state index contributed by atoms with van der Waals surface area (Å²) in [5.41, 5.74) is 0.814. The Balaban J connectivity index is 1.50. The molecule has 29 heavy (non-hydrogen) atoms. The van der Waals surface area contributed by atoms with Gasteiger partial charge in [-0.05, 0) is 36.2 Å². The maximum absolute atomic E-state index is 14.0. The maximum atomic E-state index is 14.0. The zero-order valence-electron chi connectivity index (χ0n) is 15.7. The Labute approximate surface area is 167 Å². The van der Waals surface area contributed by atoms with Crippen LogP contribution in [0.15, 0.2) is 54.6 Å². The molecule has 2 aromatic rings. The molecule has 8 heteroatoms. The van der Waals surface area contributed by atoms with Crippen LogP contribution in [0.25, 0.3) is 0 Å². The first kappa shape index (κ1) is 20.9. The molecule has 6 nitrogen and oxygen atoms in total. The number of amides is 1. The maximum Gasteiger partial charge on any atom is 0.407 e. The second kappa shape index (κ2) is 9.09. The summed E-state index contributed by atoms with van der Waals surface area (Å²) in [6.45, 7) is -1.23. The van der Waals surface area contributed by atoms with Gasteiger partial charge in [-0.2, -0.15) is 8.78 Å². The van der Waals surface area contributed by atoms with Crippen molar-refractivity contribution in [2.75, 3.05) is 26.3 Å². The molecule has 1 aliphatic heterocycles. The van der Waals surface area contributed by atoms with Gasteiger partial charge < -0.3 is 24.6 Å². The molecule has 1 fully saturated rings. The fraction of sp³-hybridized carbons (Fsp3) is 0.381. The van der Waals surface area contributed by atoms with E-state index in [0.717, 1.165) is 5.56 Å². The van der Waals surface area contributed by atoms with E-state index in [1.807, 2.05) is 0 Å². The van der Waals surface area contributed by atoms with E-state index in [2.05, 4.69) is 0 Å². The molecule has 1 heterocycles. The predicted molar refractivity (Wildman–Crippen MR) is 102 cm³/mol. The van der Waals surface area contributed by atoms with Crippen LogP contribution in [0.5, 0.6) is 11.5 Å². The number of rotatable bonds is 7. The van der Waals surface area contributed by atoms with Gasteiger partial charge in [-0.1, -0.05) is 30.3 Å². The van der Waals surface area contributed by atoms with Gasteiger partial charge in [-0.25, -0.2) is 4.79 Å². The van der Waals surface area contributed by atoms with Crippen LogP contribution in [-0.4, -0.2) is 59.5 Å². The van der Waals surface area contributed by atoms with Crippen molar-refractivity contribution in [3.63, 3.8) is 0 Å². The van der Waals surface area contributed by atoms with E-state index in [1.54, 1.807) is 54.6 Å². The van der Waals surface area contributed by atoms with Crippen molar-refractivity contribution in [1.29, 1.82) is 0 Å². The van der Waals surface area contributed by atoms with E-state index in [1.165, 1.54) is 4.90 Å². The number of aliphatic hydroxyl groups is 1. The summed E-state index contributed by atoms with van der Waals surface area (Å²) in [5, 5.41) is 19.2. The molecule has 0 spiro atoms. The molecule has 2 atom stereocenters. The third kappa shape index (κ3) is 5.80. The minimum Gasteiger partial charge on any atom is -0.487 e. The topological polar surface area (TPSA) is 79.2 Å². The summed E-state index contributed by atoms with van der Waals surface area (Å²) in [6, 6.07) is 14.9. The lowest BCUT2D eigenvalue weighted by Crippen LogP contribution is -2.45. The van der Waals surface area contributed by atoms with E-state index in [0.29, 0.717) is 18.7 Å². The number of hydrogen-bond donors (Lipinski definition) is 2. The normalized spacial score (nSPS) is 19.6. The van der Waals surface area contributed by atoms with E-state index < -0.39 is 31.3 Å².